The smallest absolute Gasteiger partial charge is 0.258 e. The molecule has 2 aromatic carbocycles. The molecule has 1 saturated heterocycles. The van der Waals surface area contributed by atoms with Gasteiger partial charge in [0.2, 0.25) is 10.0 Å². The van der Waals surface area contributed by atoms with Crippen LogP contribution in [0.5, 0.6) is 0 Å². The molecule has 1 aromatic heterocycles. The summed E-state index contributed by atoms with van der Waals surface area (Å²) in [5.74, 6) is -0.116. The number of anilines is 1. The molecule has 5 rings (SSSR count). The van der Waals surface area contributed by atoms with E-state index in [-0.39, 0.29) is 10.8 Å². The second kappa shape index (κ2) is 9.59. The molecule has 1 fully saturated rings. The van der Waals surface area contributed by atoms with Gasteiger partial charge in [-0.2, -0.15) is 4.31 Å². The number of likely N-dealkylation sites (N-methyl/N-ethyl adjacent to an activating group) is 1. The Morgan fingerprint density at radius 1 is 0.946 bits per heavy atom. The average Bonchev–Trinajstić information content (AvgIpc) is 3.30. The monoisotopic (exact) mass is 519 g/mol. The molecule has 0 radical (unpaired) electrons. The van der Waals surface area contributed by atoms with Gasteiger partial charge in [-0.05, 0) is 93.8 Å². The molecule has 2 aliphatic heterocycles. The molecule has 3 aromatic rings. The lowest BCUT2D eigenvalue weighted by Crippen LogP contribution is -2.40. The van der Waals surface area contributed by atoms with Gasteiger partial charge in [0.15, 0.2) is 0 Å². The number of ether oxygens (including phenoxy) is 1. The second-order valence-corrected chi connectivity index (χ2v) is 11.7. The molecule has 1 amide bonds. The largest absolute Gasteiger partial charge is 0.379 e. The molecule has 0 spiro atoms. The third-order valence-electron chi connectivity index (χ3n) is 7.18. The van der Waals surface area contributed by atoms with E-state index in [1.807, 2.05) is 19.9 Å². The van der Waals surface area contributed by atoms with Gasteiger partial charge in [0.05, 0.1) is 23.8 Å². The molecule has 0 atom stereocenters. The zero-order chi connectivity index (χ0) is 26.5. The second-order valence-electron chi connectivity index (χ2n) is 9.81. The summed E-state index contributed by atoms with van der Waals surface area (Å²) in [7, 11) is -3.68. The van der Waals surface area contributed by atoms with Gasteiger partial charge < -0.3 is 14.2 Å². The lowest BCUT2D eigenvalue weighted by Gasteiger charge is -2.26. The van der Waals surface area contributed by atoms with E-state index in [0.717, 1.165) is 28.3 Å². The molecule has 0 N–H and O–H groups in total. The van der Waals surface area contributed by atoms with Gasteiger partial charge in [0, 0.05) is 47.8 Å². The summed E-state index contributed by atoms with van der Waals surface area (Å²) >= 11 is 0. The van der Waals surface area contributed by atoms with Crippen molar-refractivity contribution >= 4 is 33.3 Å². The normalized spacial score (nSPS) is 17.6. The van der Waals surface area contributed by atoms with Crippen molar-refractivity contribution in [1.82, 2.24) is 8.87 Å². The fraction of sp³-hybridized carbons (Fsp3) is 0.345. The zero-order valence-corrected chi connectivity index (χ0v) is 22.9. The van der Waals surface area contributed by atoms with Crippen LogP contribution < -0.4 is 4.90 Å². The van der Waals surface area contributed by atoms with Crippen LogP contribution in [0.15, 0.2) is 47.4 Å². The number of sulfonamides is 1. The van der Waals surface area contributed by atoms with Crippen molar-refractivity contribution in [3.05, 3.63) is 76.1 Å². The number of aryl methyl sites for hydroxylation is 3. The Morgan fingerprint density at radius 2 is 1.62 bits per heavy atom. The highest BCUT2D eigenvalue weighted by Crippen LogP contribution is 2.40. The van der Waals surface area contributed by atoms with Gasteiger partial charge in [-0.25, -0.2) is 8.42 Å². The summed E-state index contributed by atoms with van der Waals surface area (Å²) in [5.41, 5.74) is 8.39. The number of aromatic nitrogens is 1. The summed E-state index contributed by atoms with van der Waals surface area (Å²) in [6, 6.07) is 13.6. The summed E-state index contributed by atoms with van der Waals surface area (Å²) in [5, 5.41) is 0. The molecule has 7 nitrogen and oxygen atoms in total. The predicted octanol–water partition coefficient (Wildman–Crippen LogP) is 4.64. The minimum atomic E-state index is -3.68. The first-order valence-corrected chi connectivity index (χ1v) is 14.1. The van der Waals surface area contributed by atoms with Gasteiger partial charge >= 0.3 is 0 Å². The van der Waals surface area contributed by atoms with E-state index in [2.05, 4.69) is 49.6 Å². The van der Waals surface area contributed by atoms with Crippen LogP contribution >= 0.6 is 0 Å². The van der Waals surface area contributed by atoms with E-state index in [4.69, 9.17) is 4.74 Å². The quantitative estimate of drug-likeness (QED) is 0.461. The number of fused-ring (bicyclic) bond motifs is 1. The number of hydrogen-bond donors (Lipinski definition) is 0. The molecule has 0 bridgehead atoms. The minimum absolute atomic E-state index is 0.116. The van der Waals surface area contributed by atoms with E-state index in [1.165, 1.54) is 15.4 Å². The first-order chi connectivity index (χ1) is 17.6. The van der Waals surface area contributed by atoms with Crippen LogP contribution in [0.4, 0.5) is 5.69 Å². The number of hydrogen-bond acceptors (Lipinski definition) is 4. The van der Waals surface area contributed by atoms with Gasteiger partial charge in [0.1, 0.15) is 0 Å². The van der Waals surface area contributed by atoms with E-state index in [1.54, 1.807) is 23.1 Å². The lowest BCUT2D eigenvalue weighted by atomic mass is 10.0. The molecule has 37 heavy (non-hydrogen) atoms. The number of carbonyl (C=O) groups excluding carboxylic acids is 1. The molecular formula is C29H33N3O4S. The van der Waals surface area contributed by atoms with Crippen molar-refractivity contribution in [2.24, 2.45) is 0 Å². The standard InChI is InChI=1S/C29H33N3O4S/c1-6-31-28-8-7-25(37(34,35)30-9-11-36-12-10-30)18-26(28)27(29(31)33)17-23-16-21(4)32(22(23)5)24-14-19(2)13-20(3)15-24/h7-8,13-18H,6,9-12H2,1-5H3/b27-17-. The average molecular weight is 520 g/mol. The number of nitrogens with zero attached hydrogens (tertiary/aromatic N) is 3. The maximum Gasteiger partial charge on any atom is 0.258 e. The van der Waals surface area contributed by atoms with Gasteiger partial charge in [-0.1, -0.05) is 6.07 Å². The third-order valence-corrected chi connectivity index (χ3v) is 9.08. The van der Waals surface area contributed by atoms with Crippen LogP contribution in [-0.2, 0) is 19.6 Å². The van der Waals surface area contributed by atoms with Crippen LogP contribution in [0.2, 0.25) is 0 Å². The minimum Gasteiger partial charge on any atom is -0.379 e. The van der Waals surface area contributed by atoms with Crippen molar-refractivity contribution in [3.63, 3.8) is 0 Å². The van der Waals surface area contributed by atoms with Crippen molar-refractivity contribution in [2.45, 2.75) is 39.5 Å². The number of rotatable bonds is 5. The number of carbonyl (C=O) groups is 1. The molecular weight excluding hydrogens is 486 g/mol. The predicted molar refractivity (Wildman–Crippen MR) is 147 cm³/mol. The molecule has 0 unspecified atom stereocenters. The topological polar surface area (TPSA) is 71.9 Å². The van der Waals surface area contributed by atoms with E-state index in [9.17, 15) is 13.2 Å². The Morgan fingerprint density at radius 3 is 2.27 bits per heavy atom. The molecule has 194 valence electrons. The molecule has 2 aliphatic rings. The number of benzene rings is 2. The Labute approximate surface area is 219 Å². The Kier molecular flexibility index (Phi) is 6.60. The first-order valence-electron chi connectivity index (χ1n) is 12.7. The number of amides is 1. The van der Waals surface area contributed by atoms with Crippen LogP contribution in [0, 0.1) is 27.7 Å². The zero-order valence-electron chi connectivity index (χ0n) is 22.0. The summed E-state index contributed by atoms with van der Waals surface area (Å²) in [6.07, 6.45) is 1.91. The fourth-order valence-corrected chi connectivity index (χ4v) is 6.89. The summed E-state index contributed by atoms with van der Waals surface area (Å²) < 4.78 is 35.7. The van der Waals surface area contributed by atoms with Crippen LogP contribution in [0.3, 0.4) is 0 Å². The number of morpholine rings is 1. The van der Waals surface area contributed by atoms with Gasteiger partial charge in [0.25, 0.3) is 5.91 Å². The molecule has 8 heteroatoms. The SMILES string of the molecule is CCN1C(=O)/C(=C\c2cc(C)n(-c3cc(C)cc(C)c3)c2C)c2cc(S(=O)(=O)N3CCOCC3)ccc21. The van der Waals surface area contributed by atoms with Crippen LogP contribution in [0.25, 0.3) is 17.3 Å². The first kappa shape index (κ1) is 25.4. The highest BCUT2D eigenvalue weighted by Gasteiger charge is 2.34. The molecule has 3 heterocycles. The Balaban J connectivity index is 1.61. The van der Waals surface area contributed by atoms with Crippen molar-refractivity contribution in [3.8, 4) is 5.69 Å². The maximum absolute atomic E-state index is 13.5. The Bertz CT molecular complexity index is 1510. The van der Waals surface area contributed by atoms with E-state index < -0.39 is 10.0 Å². The summed E-state index contributed by atoms with van der Waals surface area (Å²) in [4.78, 5) is 15.4. The highest BCUT2D eigenvalue weighted by molar-refractivity contribution is 7.89. The van der Waals surface area contributed by atoms with Crippen LogP contribution in [-0.4, -0.2) is 56.0 Å². The maximum atomic E-state index is 13.5. The van der Waals surface area contributed by atoms with Crippen LogP contribution in [0.1, 0.15) is 40.6 Å². The fourth-order valence-electron chi connectivity index (χ4n) is 5.45. The van der Waals surface area contributed by atoms with Crippen molar-refractivity contribution in [2.75, 3.05) is 37.7 Å². The van der Waals surface area contributed by atoms with Gasteiger partial charge in [-0.15, -0.1) is 0 Å². The van der Waals surface area contributed by atoms with Gasteiger partial charge in [-0.3, -0.25) is 4.79 Å². The Hall–Kier alpha value is -3.20. The molecule has 0 saturated carbocycles. The van der Waals surface area contributed by atoms with E-state index in [0.29, 0.717) is 44.0 Å². The molecule has 0 aliphatic carbocycles. The third kappa shape index (κ3) is 4.43. The highest BCUT2D eigenvalue weighted by atomic mass is 32.2. The van der Waals surface area contributed by atoms with E-state index >= 15 is 0 Å². The lowest BCUT2D eigenvalue weighted by molar-refractivity contribution is -0.112. The van der Waals surface area contributed by atoms with Crippen molar-refractivity contribution in [1.29, 1.82) is 0 Å². The van der Waals surface area contributed by atoms with Crippen molar-refractivity contribution < 1.29 is 17.9 Å². The summed E-state index contributed by atoms with van der Waals surface area (Å²) in [6.45, 7) is 12.1.